The maximum atomic E-state index is 10.6. The Bertz CT molecular complexity index is 436. The Morgan fingerprint density at radius 2 is 2.07 bits per heavy atom. The highest BCUT2D eigenvalue weighted by Crippen LogP contribution is 2.36. The van der Waals surface area contributed by atoms with Crippen LogP contribution < -0.4 is 9.47 Å². The van der Waals surface area contributed by atoms with Gasteiger partial charge in [0.2, 0.25) is 0 Å². The van der Waals surface area contributed by atoms with Crippen LogP contribution >= 0.6 is 0 Å². The van der Waals surface area contributed by atoms with Crippen molar-refractivity contribution in [2.45, 2.75) is 0 Å². The second-order valence-electron chi connectivity index (χ2n) is 2.56. The van der Waals surface area contributed by atoms with Crippen LogP contribution in [-0.2, 0) is 0 Å². The standard InChI is InChI=1S/C9H8N2O4/c1-14-8-4-3-7(11(12)13)6(5-10)9(8)15-2/h3-4H,1-2H3. The molecule has 1 aromatic rings. The average molecular weight is 208 g/mol. The number of methoxy groups -OCH3 is 2. The van der Waals surface area contributed by atoms with Crippen molar-refractivity contribution >= 4 is 5.69 Å². The van der Waals surface area contributed by atoms with E-state index in [1.165, 1.54) is 26.4 Å². The SMILES string of the molecule is COc1ccc([N+](=O)[O-])c(C#N)c1OC. The Morgan fingerprint density at radius 3 is 2.47 bits per heavy atom. The molecular formula is C9H8N2O4. The van der Waals surface area contributed by atoms with Crippen molar-refractivity contribution in [3.63, 3.8) is 0 Å². The lowest BCUT2D eigenvalue weighted by molar-refractivity contribution is -0.385. The molecule has 0 radical (unpaired) electrons. The Balaban J connectivity index is 3.50. The molecule has 6 heteroatoms. The minimum absolute atomic E-state index is 0.0780. The van der Waals surface area contributed by atoms with E-state index < -0.39 is 4.92 Å². The summed E-state index contributed by atoms with van der Waals surface area (Å²) in [7, 11) is 2.72. The largest absolute Gasteiger partial charge is 0.493 e. The van der Waals surface area contributed by atoms with Gasteiger partial charge in [-0.2, -0.15) is 5.26 Å². The van der Waals surface area contributed by atoms with Crippen LogP contribution in [0.25, 0.3) is 0 Å². The van der Waals surface area contributed by atoms with E-state index in [4.69, 9.17) is 14.7 Å². The number of nitrogens with zero attached hydrogens (tertiary/aromatic N) is 2. The van der Waals surface area contributed by atoms with Gasteiger partial charge in [-0.05, 0) is 6.07 Å². The van der Waals surface area contributed by atoms with Crippen LogP contribution in [0, 0.1) is 21.4 Å². The number of hydrogen-bond donors (Lipinski definition) is 0. The number of ether oxygens (including phenoxy) is 2. The van der Waals surface area contributed by atoms with Crippen molar-refractivity contribution in [1.29, 1.82) is 5.26 Å². The molecule has 0 bridgehead atoms. The molecule has 78 valence electrons. The van der Waals surface area contributed by atoms with Crippen LogP contribution in [0.2, 0.25) is 0 Å². The van der Waals surface area contributed by atoms with Gasteiger partial charge in [0.25, 0.3) is 5.69 Å². The molecule has 0 aliphatic rings. The van der Waals surface area contributed by atoms with Crippen molar-refractivity contribution < 1.29 is 14.4 Å². The quantitative estimate of drug-likeness (QED) is 0.554. The van der Waals surface area contributed by atoms with Crippen LogP contribution in [0.3, 0.4) is 0 Å². The summed E-state index contributed by atoms with van der Waals surface area (Å²) >= 11 is 0. The number of rotatable bonds is 3. The van der Waals surface area contributed by atoms with Crippen LogP contribution in [0.5, 0.6) is 11.5 Å². The van der Waals surface area contributed by atoms with E-state index in [1.54, 1.807) is 6.07 Å². The van der Waals surface area contributed by atoms with Gasteiger partial charge in [-0.1, -0.05) is 0 Å². The molecule has 0 spiro atoms. The molecule has 0 amide bonds. The fourth-order valence-electron chi connectivity index (χ4n) is 1.18. The minimum Gasteiger partial charge on any atom is -0.493 e. The van der Waals surface area contributed by atoms with Gasteiger partial charge >= 0.3 is 0 Å². The molecule has 6 nitrogen and oxygen atoms in total. The highest BCUT2D eigenvalue weighted by atomic mass is 16.6. The third-order valence-electron chi connectivity index (χ3n) is 1.83. The molecule has 0 atom stereocenters. The summed E-state index contributed by atoms with van der Waals surface area (Å²) in [5, 5.41) is 19.4. The smallest absolute Gasteiger partial charge is 0.291 e. The highest BCUT2D eigenvalue weighted by Gasteiger charge is 2.21. The lowest BCUT2D eigenvalue weighted by Gasteiger charge is -2.08. The monoisotopic (exact) mass is 208 g/mol. The van der Waals surface area contributed by atoms with Gasteiger partial charge in [-0.25, -0.2) is 0 Å². The van der Waals surface area contributed by atoms with Crippen molar-refractivity contribution in [2.24, 2.45) is 0 Å². The molecule has 1 aromatic carbocycles. The number of nitro groups is 1. The predicted octanol–water partition coefficient (Wildman–Crippen LogP) is 1.48. The van der Waals surface area contributed by atoms with Crippen LogP contribution in [-0.4, -0.2) is 19.1 Å². The molecule has 15 heavy (non-hydrogen) atoms. The maximum absolute atomic E-state index is 10.6. The number of hydrogen-bond acceptors (Lipinski definition) is 5. The fraction of sp³-hybridized carbons (Fsp3) is 0.222. The lowest BCUT2D eigenvalue weighted by Crippen LogP contribution is -1.98. The summed E-state index contributed by atoms with van der Waals surface area (Å²) in [6.45, 7) is 0. The Hall–Kier alpha value is -2.29. The van der Waals surface area contributed by atoms with E-state index in [2.05, 4.69) is 0 Å². The van der Waals surface area contributed by atoms with Gasteiger partial charge in [0.1, 0.15) is 6.07 Å². The molecule has 0 saturated heterocycles. The fourth-order valence-corrected chi connectivity index (χ4v) is 1.18. The molecule has 0 heterocycles. The summed E-state index contributed by atoms with van der Waals surface area (Å²) < 4.78 is 9.81. The molecule has 0 fully saturated rings. The number of nitro benzene ring substituents is 1. The third-order valence-corrected chi connectivity index (χ3v) is 1.83. The summed E-state index contributed by atoms with van der Waals surface area (Å²) in [5.74, 6) is 0.369. The first-order valence-electron chi connectivity index (χ1n) is 3.95. The molecule has 0 aliphatic carbocycles. The molecule has 0 saturated carbocycles. The van der Waals surface area contributed by atoms with Crippen molar-refractivity contribution in [3.05, 3.63) is 27.8 Å². The number of benzene rings is 1. The second-order valence-corrected chi connectivity index (χ2v) is 2.56. The summed E-state index contributed by atoms with van der Waals surface area (Å²) in [5.41, 5.74) is -0.433. The van der Waals surface area contributed by atoms with Gasteiger partial charge in [0.05, 0.1) is 19.1 Å². The van der Waals surface area contributed by atoms with Crippen LogP contribution in [0.1, 0.15) is 5.56 Å². The first kappa shape index (κ1) is 10.8. The second kappa shape index (κ2) is 4.28. The van der Waals surface area contributed by atoms with E-state index in [9.17, 15) is 10.1 Å². The normalized spacial score (nSPS) is 9.13. The first-order chi connectivity index (χ1) is 7.15. The van der Waals surface area contributed by atoms with Gasteiger partial charge in [0.15, 0.2) is 17.1 Å². The first-order valence-corrected chi connectivity index (χ1v) is 3.95. The van der Waals surface area contributed by atoms with Gasteiger partial charge in [-0.3, -0.25) is 10.1 Å². The van der Waals surface area contributed by atoms with Crippen molar-refractivity contribution in [3.8, 4) is 17.6 Å². The van der Waals surface area contributed by atoms with E-state index in [-0.39, 0.29) is 17.0 Å². The van der Waals surface area contributed by atoms with Crippen LogP contribution in [0.15, 0.2) is 12.1 Å². The zero-order valence-corrected chi connectivity index (χ0v) is 8.18. The van der Waals surface area contributed by atoms with Crippen molar-refractivity contribution in [1.82, 2.24) is 0 Å². The van der Waals surface area contributed by atoms with Gasteiger partial charge in [0, 0.05) is 6.07 Å². The van der Waals surface area contributed by atoms with Gasteiger partial charge < -0.3 is 9.47 Å². The Labute approximate surface area is 85.8 Å². The lowest BCUT2D eigenvalue weighted by atomic mass is 10.1. The van der Waals surface area contributed by atoms with Gasteiger partial charge in [-0.15, -0.1) is 0 Å². The van der Waals surface area contributed by atoms with E-state index in [1.807, 2.05) is 0 Å². The molecule has 0 aliphatic heterocycles. The van der Waals surface area contributed by atoms with E-state index in [0.29, 0.717) is 5.75 Å². The summed E-state index contributed by atoms with van der Waals surface area (Å²) in [4.78, 5) is 9.97. The molecule has 1 rings (SSSR count). The highest BCUT2D eigenvalue weighted by molar-refractivity contribution is 5.62. The Morgan fingerprint density at radius 1 is 1.40 bits per heavy atom. The summed E-state index contributed by atoms with van der Waals surface area (Å²) in [6, 6.07) is 4.32. The molecule has 0 unspecified atom stereocenters. The molecular weight excluding hydrogens is 200 g/mol. The topological polar surface area (TPSA) is 85.4 Å². The van der Waals surface area contributed by atoms with E-state index >= 15 is 0 Å². The predicted molar refractivity (Wildman–Crippen MR) is 50.9 cm³/mol. The average Bonchev–Trinajstić information content (AvgIpc) is 2.26. The maximum Gasteiger partial charge on any atom is 0.291 e. The third kappa shape index (κ3) is 1.81. The van der Waals surface area contributed by atoms with E-state index in [0.717, 1.165) is 0 Å². The Kier molecular flexibility index (Phi) is 3.08. The molecule has 0 aromatic heterocycles. The minimum atomic E-state index is -0.638. The van der Waals surface area contributed by atoms with Crippen molar-refractivity contribution in [2.75, 3.05) is 14.2 Å². The zero-order valence-electron chi connectivity index (χ0n) is 8.18. The number of nitriles is 1. The van der Waals surface area contributed by atoms with Crippen LogP contribution in [0.4, 0.5) is 5.69 Å². The molecule has 0 N–H and O–H groups in total. The zero-order chi connectivity index (χ0) is 11.4. The summed E-state index contributed by atoms with van der Waals surface area (Å²) in [6.07, 6.45) is 0.